The van der Waals surface area contributed by atoms with E-state index in [9.17, 15) is 9.59 Å². The summed E-state index contributed by atoms with van der Waals surface area (Å²) in [6.45, 7) is 1.81. The molecule has 2 heterocycles. The number of H-pyrrole nitrogens is 2. The predicted octanol–water partition coefficient (Wildman–Crippen LogP) is 1.72. The zero-order valence-corrected chi connectivity index (χ0v) is 13.8. The lowest BCUT2D eigenvalue weighted by Crippen LogP contribution is -2.25. The van der Waals surface area contributed by atoms with Crippen LogP contribution in [0.3, 0.4) is 0 Å². The molecule has 0 atom stereocenters. The number of hydrogen-bond donors (Lipinski definition) is 2. The highest BCUT2D eigenvalue weighted by Crippen LogP contribution is 2.26. The van der Waals surface area contributed by atoms with Crippen molar-refractivity contribution in [3.05, 3.63) is 56.6 Å². The quantitative estimate of drug-likeness (QED) is 0.676. The standard InChI is InChI=1S/C15H14N4O4S/c1-8-11(7-24-14-12(20)17-15(21)19-18-14)16-13(23-8)9-3-5-10(22-2)6-4-9/h3-6H,7H2,1-2H3,(H2,17,19,20,21). The summed E-state index contributed by atoms with van der Waals surface area (Å²) in [5.41, 5.74) is 0.373. The molecule has 3 aromatic rings. The molecule has 0 spiro atoms. The van der Waals surface area contributed by atoms with E-state index in [1.54, 1.807) is 14.0 Å². The van der Waals surface area contributed by atoms with Crippen molar-refractivity contribution < 1.29 is 9.15 Å². The minimum atomic E-state index is -0.635. The van der Waals surface area contributed by atoms with Gasteiger partial charge < -0.3 is 9.15 Å². The smallest absolute Gasteiger partial charge is 0.342 e. The minimum absolute atomic E-state index is 0.169. The molecule has 0 amide bonds. The number of rotatable bonds is 5. The molecule has 1 aromatic carbocycles. The fraction of sp³-hybridized carbons (Fsp3) is 0.200. The second-order valence-electron chi connectivity index (χ2n) is 4.85. The lowest BCUT2D eigenvalue weighted by atomic mass is 10.2. The molecule has 0 unspecified atom stereocenters. The van der Waals surface area contributed by atoms with Gasteiger partial charge in [-0.3, -0.25) is 9.78 Å². The molecule has 124 valence electrons. The Kier molecular flexibility index (Phi) is 4.52. The zero-order chi connectivity index (χ0) is 17.1. The number of aryl methyl sites for hydroxylation is 1. The van der Waals surface area contributed by atoms with Crippen LogP contribution in [0.25, 0.3) is 11.5 Å². The van der Waals surface area contributed by atoms with Crippen molar-refractivity contribution in [3.8, 4) is 17.2 Å². The largest absolute Gasteiger partial charge is 0.497 e. The zero-order valence-electron chi connectivity index (χ0n) is 13.0. The maximum Gasteiger partial charge on any atom is 0.342 e. The van der Waals surface area contributed by atoms with Gasteiger partial charge >= 0.3 is 5.69 Å². The first kappa shape index (κ1) is 16.1. The molecule has 2 aromatic heterocycles. The molecule has 0 bridgehead atoms. The molecule has 3 rings (SSSR count). The van der Waals surface area contributed by atoms with E-state index in [1.165, 1.54) is 11.8 Å². The van der Waals surface area contributed by atoms with Crippen LogP contribution in [-0.2, 0) is 5.75 Å². The van der Waals surface area contributed by atoms with Crippen LogP contribution in [0.4, 0.5) is 0 Å². The number of hydrogen-bond acceptors (Lipinski definition) is 7. The van der Waals surface area contributed by atoms with E-state index in [2.05, 4.69) is 20.2 Å². The first-order valence-corrected chi connectivity index (χ1v) is 7.98. The fourth-order valence-corrected chi connectivity index (χ4v) is 2.82. The van der Waals surface area contributed by atoms with Crippen LogP contribution in [0.15, 0.2) is 43.3 Å². The number of nitrogens with one attached hydrogen (secondary N) is 2. The Morgan fingerprint density at radius 3 is 2.67 bits per heavy atom. The molecule has 0 saturated carbocycles. The highest BCUT2D eigenvalue weighted by atomic mass is 32.2. The van der Waals surface area contributed by atoms with Gasteiger partial charge in [-0.05, 0) is 31.2 Å². The lowest BCUT2D eigenvalue weighted by molar-refractivity contribution is 0.415. The second kappa shape index (κ2) is 6.75. The minimum Gasteiger partial charge on any atom is -0.497 e. The van der Waals surface area contributed by atoms with Gasteiger partial charge in [0.05, 0.1) is 12.8 Å². The molecular formula is C15H14N4O4S. The molecule has 0 aliphatic rings. The van der Waals surface area contributed by atoms with Crippen molar-refractivity contribution in [2.75, 3.05) is 7.11 Å². The molecular weight excluding hydrogens is 332 g/mol. The third kappa shape index (κ3) is 3.40. The second-order valence-corrected chi connectivity index (χ2v) is 5.82. The first-order valence-electron chi connectivity index (χ1n) is 6.99. The molecule has 0 radical (unpaired) electrons. The maximum absolute atomic E-state index is 11.6. The number of aromatic amines is 2. The van der Waals surface area contributed by atoms with Gasteiger partial charge in [0.2, 0.25) is 5.89 Å². The Hall–Kier alpha value is -2.81. The van der Waals surface area contributed by atoms with E-state index < -0.39 is 11.2 Å². The Morgan fingerprint density at radius 1 is 1.25 bits per heavy atom. The van der Waals surface area contributed by atoms with E-state index in [4.69, 9.17) is 9.15 Å². The number of nitrogens with zero attached hydrogens (tertiary/aromatic N) is 2. The van der Waals surface area contributed by atoms with Crippen molar-refractivity contribution in [3.63, 3.8) is 0 Å². The van der Waals surface area contributed by atoms with Gasteiger partial charge in [0.15, 0.2) is 5.03 Å². The van der Waals surface area contributed by atoms with Crippen molar-refractivity contribution in [2.45, 2.75) is 17.7 Å². The number of aromatic nitrogens is 4. The number of methoxy groups -OCH3 is 1. The highest BCUT2D eigenvalue weighted by molar-refractivity contribution is 7.98. The van der Waals surface area contributed by atoms with Gasteiger partial charge in [-0.1, -0.05) is 11.8 Å². The summed E-state index contributed by atoms with van der Waals surface area (Å²) in [6, 6.07) is 7.37. The van der Waals surface area contributed by atoms with Crippen LogP contribution in [0.2, 0.25) is 0 Å². The fourth-order valence-electron chi connectivity index (χ4n) is 1.99. The lowest BCUT2D eigenvalue weighted by Gasteiger charge is -1.99. The van der Waals surface area contributed by atoms with Crippen molar-refractivity contribution in [1.82, 2.24) is 20.2 Å². The Balaban J connectivity index is 1.78. The molecule has 8 nitrogen and oxygen atoms in total. The highest BCUT2D eigenvalue weighted by Gasteiger charge is 2.13. The summed E-state index contributed by atoms with van der Waals surface area (Å²) in [5, 5.41) is 6.08. The van der Waals surface area contributed by atoms with Crippen molar-refractivity contribution in [1.29, 1.82) is 0 Å². The molecule has 0 aliphatic carbocycles. The van der Waals surface area contributed by atoms with Crippen LogP contribution >= 0.6 is 11.8 Å². The average molecular weight is 346 g/mol. The molecule has 2 N–H and O–H groups in total. The van der Waals surface area contributed by atoms with Crippen molar-refractivity contribution in [2.24, 2.45) is 0 Å². The van der Waals surface area contributed by atoms with Gasteiger partial charge in [-0.2, -0.15) is 5.10 Å². The SMILES string of the molecule is COc1ccc(-c2nc(CSc3n[nH]c(=O)[nH]c3=O)c(C)o2)cc1. The van der Waals surface area contributed by atoms with Gasteiger partial charge in [0.25, 0.3) is 5.56 Å². The average Bonchev–Trinajstić information content (AvgIpc) is 2.95. The Bertz CT molecular complexity index is 959. The summed E-state index contributed by atoms with van der Waals surface area (Å²) in [5.74, 6) is 2.30. The van der Waals surface area contributed by atoms with Crippen LogP contribution in [0.1, 0.15) is 11.5 Å². The van der Waals surface area contributed by atoms with Gasteiger partial charge in [0, 0.05) is 11.3 Å². The first-order chi connectivity index (χ1) is 11.6. The van der Waals surface area contributed by atoms with Gasteiger partial charge in [0.1, 0.15) is 11.5 Å². The van der Waals surface area contributed by atoms with Crippen LogP contribution in [0.5, 0.6) is 5.75 Å². The summed E-state index contributed by atoms with van der Waals surface area (Å²) in [7, 11) is 1.60. The molecule has 0 aliphatic heterocycles. The Labute approximate surface area is 140 Å². The summed E-state index contributed by atoms with van der Waals surface area (Å²) >= 11 is 1.17. The Morgan fingerprint density at radius 2 is 2.00 bits per heavy atom. The molecule has 24 heavy (non-hydrogen) atoms. The topological polar surface area (TPSA) is 114 Å². The molecule has 0 saturated heterocycles. The van der Waals surface area contributed by atoms with Gasteiger partial charge in [-0.15, -0.1) is 0 Å². The normalized spacial score (nSPS) is 10.8. The summed E-state index contributed by atoms with van der Waals surface area (Å²) < 4.78 is 10.8. The summed E-state index contributed by atoms with van der Waals surface area (Å²) in [6.07, 6.45) is 0. The number of ether oxygens (including phenoxy) is 1. The van der Waals surface area contributed by atoms with E-state index in [-0.39, 0.29) is 5.03 Å². The van der Waals surface area contributed by atoms with E-state index in [0.717, 1.165) is 11.3 Å². The predicted molar refractivity (Wildman–Crippen MR) is 88.3 cm³/mol. The van der Waals surface area contributed by atoms with Gasteiger partial charge in [-0.25, -0.2) is 14.9 Å². The molecule has 0 fully saturated rings. The van der Waals surface area contributed by atoms with Crippen LogP contribution in [0, 0.1) is 6.92 Å². The van der Waals surface area contributed by atoms with Crippen LogP contribution in [-0.4, -0.2) is 27.3 Å². The number of thioether (sulfide) groups is 1. The van der Waals surface area contributed by atoms with Crippen molar-refractivity contribution >= 4 is 11.8 Å². The monoisotopic (exact) mass is 346 g/mol. The third-order valence-corrected chi connectivity index (χ3v) is 4.22. The number of benzene rings is 1. The maximum atomic E-state index is 11.6. The summed E-state index contributed by atoms with van der Waals surface area (Å²) in [4.78, 5) is 29.2. The molecule has 9 heteroatoms. The van der Waals surface area contributed by atoms with Crippen LogP contribution < -0.4 is 16.0 Å². The van der Waals surface area contributed by atoms with E-state index >= 15 is 0 Å². The van der Waals surface area contributed by atoms with E-state index in [1.807, 2.05) is 24.3 Å². The number of oxazole rings is 1. The third-order valence-electron chi connectivity index (χ3n) is 3.26. The van der Waals surface area contributed by atoms with E-state index in [0.29, 0.717) is 23.1 Å².